The summed E-state index contributed by atoms with van der Waals surface area (Å²) in [7, 11) is 1.85. The molecule has 0 spiro atoms. The monoisotopic (exact) mass is 338 g/mol. The molecule has 0 aliphatic rings. The molecule has 1 aromatic carbocycles. The van der Waals surface area contributed by atoms with Crippen molar-refractivity contribution in [2.24, 2.45) is 7.05 Å². The van der Waals surface area contributed by atoms with Crippen molar-refractivity contribution >= 4 is 10.9 Å². The van der Waals surface area contributed by atoms with Crippen LogP contribution in [0.4, 0.5) is 4.39 Å². The summed E-state index contributed by atoms with van der Waals surface area (Å²) in [6.07, 6.45) is 4.06. The first-order valence-electron chi connectivity index (χ1n) is 7.85. The number of aromatic nitrogens is 4. The molecule has 0 amide bonds. The molecule has 0 fully saturated rings. The summed E-state index contributed by atoms with van der Waals surface area (Å²) in [4.78, 5) is 16.8. The van der Waals surface area contributed by atoms with Crippen molar-refractivity contribution in [1.29, 1.82) is 0 Å². The van der Waals surface area contributed by atoms with Crippen LogP contribution in [0.5, 0.6) is 0 Å². The highest BCUT2D eigenvalue weighted by Crippen LogP contribution is 2.16. The summed E-state index contributed by atoms with van der Waals surface area (Å²) in [5.41, 5.74) is 1.29. The Balaban J connectivity index is 1.54. The highest BCUT2D eigenvalue weighted by molar-refractivity contribution is 5.78. The molecule has 0 aliphatic heterocycles. The van der Waals surface area contributed by atoms with E-state index in [1.807, 2.05) is 29.9 Å². The SMILES string of the molecule is Cn1ccc2ccn(CCc3nc(-c4ccc(F)cc4)no3)c(=O)c21. The lowest BCUT2D eigenvalue weighted by atomic mass is 10.2. The number of fused-ring (bicyclic) bond motifs is 1. The first kappa shape index (κ1) is 15.3. The zero-order chi connectivity index (χ0) is 17.4. The molecule has 0 unspecified atom stereocenters. The van der Waals surface area contributed by atoms with E-state index in [0.29, 0.717) is 35.8 Å². The summed E-state index contributed by atoms with van der Waals surface area (Å²) in [5, 5.41) is 4.82. The van der Waals surface area contributed by atoms with E-state index in [9.17, 15) is 9.18 Å². The molecule has 0 saturated carbocycles. The van der Waals surface area contributed by atoms with Gasteiger partial charge in [-0.3, -0.25) is 4.79 Å². The lowest BCUT2D eigenvalue weighted by Crippen LogP contribution is -2.21. The maximum atomic E-state index is 13.0. The van der Waals surface area contributed by atoms with E-state index in [1.54, 1.807) is 22.9 Å². The number of rotatable bonds is 4. The predicted molar refractivity (Wildman–Crippen MR) is 90.6 cm³/mol. The molecule has 0 aliphatic carbocycles. The molecule has 0 bridgehead atoms. The van der Waals surface area contributed by atoms with Gasteiger partial charge in [0, 0.05) is 43.4 Å². The van der Waals surface area contributed by atoms with E-state index < -0.39 is 0 Å². The number of halogens is 1. The second-order valence-electron chi connectivity index (χ2n) is 5.81. The zero-order valence-corrected chi connectivity index (χ0v) is 13.5. The van der Waals surface area contributed by atoms with Gasteiger partial charge in [0.2, 0.25) is 11.7 Å². The van der Waals surface area contributed by atoms with Crippen LogP contribution >= 0.6 is 0 Å². The van der Waals surface area contributed by atoms with Gasteiger partial charge in [0.15, 0.2) is 0 Å². The van der Waals surface area contributed by atoms with E-state index >= 15 is 0 Å². The minimum atomic E-state index is -0.317. The van der Waals surface area contributed by atoms with Crippen LogP contribution in [-0.2, 0) is 20.0 Å². The standard InChI is InChI=1S/C18H15FN4O2/c1-22-9-6-12-7-10-23(18(24)16(12)22)11-8-15-20-17(21-25-15)13-2-4-14(19)5-3-13/h2-7,9-10H,8,11H2,1H3. The van der Waals surface area contributed by atoms with Crippen LogP contribution in [0.2, 0.25) is 0 Å². The molecule has 4 aromatic rings. The van der Waals surface area contributed by atoms with Crippen LogP contribution < -0.4 is 5.56 Å². The van der Waals surface area contributed by atoms with Crippen molar-refractivity contribution < 1.29 is 8.91 Å². The highest BCUT2D eigenvalue weighted by Gasteiger charge is 2.11. The number of hydrogen-bond acceptors (Lipinski definition) is 4. The van der Waals surface area contributed by atoms with Crippen molar-refractivity contribution in [3.05, 3.63) is 70.9 Å². The van der Waals surface area contributed by atoms with Crippen LogP contribution in [0.1, 0.15) is 5.89 Å². The fourth-order valence-corrected chi connectivity index (χ4v) is 2.80. The van der Waals surface area contributed by atoms with Gasteiger partial charge in [0.05, 0.1) is 0 Å². The predicted octanol–water partition coefficient (Wildman–Crippen LogP) is 2.77. The Hall–Kier alpha value is -3.22. The van der Waals surface area contributed by atoms with Gasteiger partial charge in [0.25, 0.3) is 5.56 Å². The molecule has 0 radical (unpaired) electrons. The topological polar surface area (TPSA) is 65.8 Å². The van der Waals surface area contributed by atoms with Crippen LogP contribution in [0.15, 0.2) is 58.1 Å². The zero-order valence-electron chi connectivity index (χ0n) is 13.5. The van der Waals surface area contributed by atoms with E-state index in [0.717, 1.165) is 5.39 Å². The molecule has 25 heavy (non-hydrogen) atoms. The second kappa shape index (κ2) is 6.01. The van der Waals surface area contributed by atoms with Crippen LogP contribution in [0.3, 0.4) is 0 Å². The molecule has 3 aromatic heterocycles. The largest absolute Gasteiger partial charge is 0.346 e. The van der Waals surface area contributed by atoms with Crippen molar-refractivity contribution in [2.75, 3.05) is 0 Å². The maximum absolute atomic E-state index is 13.0. The number of aryl methyl sites for hydroxylation is 3. The first-order chi connectivity index (χ1) is 12.1. The smallest absolute Gasteiger partial charge is 0.275 e. The average molecular weight is 338 g/mol. The molecule has 0 atom stereocenters. The lowest BCUT2D eigenvalue weighted by molar-refractivity contribution is 0.371. The van der Waals surface area contributed by atoms with Gasteiger partial charge in [-0.1, -0.05) is 5.16 Å². The van der Waals surface area contributed by atoms with Gasteiger partial charge in [0.1, 0.15) is 11.3 Å². The van der Waals surface area contributed by atoms with Gasteiger partial charge in [-0.15, -0.1) is 0 Å². The second-order valence-corrected chi connectivity index (χ2v) is 5.81. The first-order valence-corrected chi connectivity index (χ1v) is 7.85. The minimum absolute atomic E-state index is 0.0525. The Morgan fingerprint density at radius 1 is 1.12 bits per heavy atom. The molecule has 4 rings (SSSR count). The quantitative estimate of drug-likeness (QED) is 0.574. The van der Waals surface area contributed by atoms with E-state index in [2.05, 4.69) is 10.1 Å². The Kier molecular flexibility index (Phi) is 3.68. The maximum Gasteiger partial charge on any atom is 0.275 e. The van der Waals surface area contributed by atoms with E-state index in [4.69, 9.17) is 4.52 Å². The van der Waals surface area contributed by atoms with Crippen LogP contribution in [0.25, 0.3) is 22.3 Å². The Labute approximate surface area is 142 Å². The molecule has 0 N–H and O–H groups in total. The molecule has 0 saturated heterocycles. The molecular formula is C18H15FN4O2. The number of benzene rings is 1. The third kappa shape index (κ3) is 2.84. The van der Waals surface area contributed by atoms with Gasteiger partial charge >= 0.3 is 0 Å². The third-order valence-corrected chi connectivity index (χ3v) is 4.14. The molecule has 3 heterocycles. The van der Waals surface area contributed by atoms with Crippen molar-refractivity contribution in [3.63, 3.8) is 0 Å². The molecule has 7 heteroatoms. The van der Waals surface area contributed by atoms with E-state index in [-0.39, 0.29) is 11.4 Å². The summed E-state index contributed by atoms with van der Waals surface area (Å²) in [6, 6.07) is 9.71. The molecular weight excluding hydrogens is 323 g/mol. The van der Waals surface area contributed by atoms with Gasteiger partial charge in [-0.2, -0.15) is 4.98 Å². The molecule has 6 nitrogen and oxygen atoms in total. The normalized spacial score (nSPS) is 11.3. The number of pyridine rings is 1. The van der Waals surface area contributed by atoms with E-state index in [1.165, 1.54) is 12.1 Å². The van der Waals surface area contributed by atoms with Crippen molar-refractivity contribution in [3.8, 4) is 11.4 Å². The Morgan fingerprint density at radius 2 is 1.88 bits per heavy atom. The number of hydrogen-bond donors (Lipinski definition) is 0. The summed E-state index contributed by atoms with van der Waals surface area (Å²) in [6.45, 7) is 0.436. The summed E-state index contributed by atoms with van der Waals surface area (Å²) >= 11 is 0. The van der Waals surface area contributed by atoms with Crippen molar-refractivity contribution in [2.45, 2.75) is 13.0 Å². The number of nitrogens with zero attached hydrogens (tertiary/aromatic N) is 4. The third-order valence-electron chi connectivity index (χ3n) is 4.14. The lowest BCUT2D eigenvalue weighted by Gasteiger charge is -2.04. The fraction of sp³-hybridized carbons (Fsp3) is 0.167. The average Bonchev–Trinajstić information content (AvgIpc) is 3.22. The molecule has 126 valence electrons. The van der Waals surface area contributed by atoms with Gasteiger partial charge in [-0.25, -0.2) is 4.39 Å². The van der Waals surface area contributed by atoms with Crippen LogP contribution in [0, 0.1) is 5.82 Å². The minimum Gasteiger partial charge on any atom is -0.346 e. The van der Waals surface area contributed by atoms with Gasteiger partial charge < -0.3 is 13.7 Å². The fourth-order valence-electron chi connectivity index (χ4n) is 2.80. The highest BCUT2D eigenvalue weighted by atomic mass is 19.1. The van der Waals surface area contributed by atoms with Crippen molar-refractivity contribution in [1.82, 2.24) is 19.3 Å². The summed E-state index contributed by atoms with van der Waals surface area (Å²) < 4.78 is 21.6. The summed E-state index contributed by atoms with van der Waals surface area (Å²) in [5.74, 6) is 0.515. The van der Waals surface area contributed by atoms with Gasteiger partial charge in [-0.05, 0) is 36.4 Å². The van der Waals surface area contributed by atoms with Crippen LogP contribution in [-0.4, -0.2) is 19.3 Å². The Bertz CT molecular complexity index is 1090. The Morgan fingerprint density at radius 3 is 2.68 bits per heavy atom.